The lowest BCUT2D eigenvalue weighted by molar-refractivity contribution is -0.135. The van der Waals surface area contributed by atoms with Crippen LogP contribution in [0.1, 0.15) is 26.0 Å². The van der Waals surface area contributed by atoms with Gasteiger partial charge in [0.25, 0.3) is 0 Å². The number of amides is 1. The highest BCUT2D eigenvalue weighted by Crippen LogP contribution is 2.23. The fraction of sp³-hybridized carbons (Fsp3) is 0.591. The molecule has 0 N–H and O–H groups in total. The van der Waals surface area contributed by atoms with Crippen molar-refractivity contribution in [3.63, 3.8) is 0 Å². The van der Waals surface area contributed by atoms with E-state index in [-0.39, 0.29) is 5.91 Å². The van der Waals surface area contributed by atoms with Gasteiger partial charge in [0.1, 0.15) is 0 Å². The van der Waals surface area contributed by atoms with Crippen LogP contribution in [0.15, 0.2) is 24.3 Å². The molecule has 2 aromatic rings. The molecule has 0 unspecified atom stereocenters. The summed E-state index contributed by atoms with van der Waals surface area (Å²) in [6, 6.07) is 8.02. The zero-order chi connectivity index (χ0) is 19.7. The van der Waals surface area contributed by atoms with Crippen molar-refractivity contribution in [1.82, 2.24) is 19.8 Å². The first-order valence-electron chi connectivity index (χ1n) is 10.5. The third-order valence-electron chi connectivity index (χ3n) is 5.97. The second-order valence-corrected chi connectivity index (χ2v) is 8.63. The van der Waals surface area contributed by atoms with Gasteiger partial charge in [0.2, 0.25) is 5.91 Å². The average molecular weight is 382 g/mol. The van der Waals surface area contributed by atoms with Crippen LogP contribution in [0.4, 0.5) is 5.82 Å². The Kier molecular flexibility index (Phi) is 5.49. The first kappa shape index (κ1) is 19.1. The summed E-state index contributed by atoms with van der Waals surface area (Å²) in [7, 11) is 0. The van der Waals surface area contributed by atoms with E-state index in [4.69, 9.17) is 9.97 Å². The molecule has 1 amide bonds. The Labute approximate surface area is 167 Å². The van der Waals surface area contributed by atoms with Crippen molar-refractivity contribution in [1.29, 1.82) is 0 Å². The van der Waals surface area contributed by atoms with Gasteiger partial charge < -0.3 is 9.80 Å². The molecule has 3 heterocycles. The molecule has 1 aromatic heterocycles. The number of aryl methyl sites for hydroxylation is 1. The number of hydrogen-bond acceptors (Lipinski definition) is 5. The van der Waals surface area contributed by atoms with Crippen LogP contribution >= 0.6 is 0 Å². The summed E-state index contributed by atoms with van der Waals surface area (Å²) >= 11 is 0. The predicted molar refractivity (Wildman–Crippen MR) is 112 cm³/mol. The number of benzene rings is 1. The van der Waals surface area contributed by atoms with E-state index in [1.54, 1.807) is 0 Å². The highest BCUT2D eigenvalue weighted by molar-refractivity contribution is 5.78. The minimum atomic E-state index is 0.286. The van der Waals surface area contributed by atoms with Crippen LogP contribution < -0.4 is 4.90 Å². The van der Waals surface area contributed by atoms with Crippen LogP contribution in [0.3, 0.4) is 0 Å². The van der Waals surface area contributed by atoms with Crippen molar-refractivity contribution in [2.45, 2.75) is 27.2 Å². The van der Waals surface area contributed by atoms with Gasteiger partial charge in [-0.25, -0.2) is 9.97 Å². The number of likely N-dealkylation sites (tertiary alicyclic amines) is 1. The Morgan fingerprint density at radius 3 is 2.25 bits per heavy atom. The zero-order valence-electron chi connectivity index (χ0n) is 17.3. The number of aromatic nitrogens is 2. The molecule has 1 aromatic carbocycles. The van der Waals surface area contributed by atoms with Crippen molar-refractivity contribution in [2.75, 3.05) is 50.7 Å². The largest absolute Gasteiger partial charge is 0.353 e. The van der Waals surface area contributed by atoms with Crippen LogP contribution in [-0.4, -0.2) is 71.5 Å². The molecule has 0 saturated carbocycles. The number of carbonyl (C=O) groups excluding carboxylic acids is 1. The molecule has 28 heavy (non-hydrogen) atoms. The van der Waals surface area contributed by atoms with Crippen LogP contribution in [0, 0.1) is 18.8 Å². The molecule has 2 aliphatic heterocycles. The summed E-state index contributed by atoms with van der Waals surface area (Å²) in [5, 5.41) is 0. The van der Waals surface area contributed by atoms with Crippen LogP contribution in [-0.2, 0) is 4.79 Å². The summed E-state index contributed by atoms with van der Waals surface area (Å²) in [6.07, 6.45) is 1.23. The van der Waals surface area contributed by atoms with E-state index in [1.807, 2.05) is 31.2 Å². The topological polar surface area (TPSA) is 52.6 Å². The second kappa shape index (κ2) is 8.03. The molecule has 0 aliphatic carbocycles. The highest BCUT2D eigenvalue weighted by Gasteiger charge is 2.28. The van der Waals surface area contributed by atoms with Gasteiger partial charge in [-0.1, -0.05) is 26.0 Å². The van der Waals surface area contributed by atoms with E-state index < -0.39 is 0 Å². The number of nitrogens with zero attached hydrogens (tertiary/aromatic N) is 5. The molecule has 0 radical (unpaired) electrons. The Hall–Kier alpha value is -2.21. The molecule has 0 spiro atoms. The van der Waals surface area contributed by atoms with Crippen molar-refractivity contribution >= 4 is 22.8 Å². The van der Waals surface area contributed by atoms with E-state index in [9.17, 15) is 4.79 Å². The monoisotopic (exact) mass is 381 g/mol. The van der Waals surface area contributed by atoms with Crippen LogP contribution in [0.2, 0.25) is 0 Å². The number of piperidine rings is 1. The van der Waals surface area contributed by atoms with Crippen molar-refractivity contribution in [3.8, 4) is 0 Å². The third-order valence-corrected chi connectivity index (χ3v) is 5.97. The number of hydrogen-bond donors (Lipinski definition) is 0. The maximum Gasteiger partial charge on any atom is 0.236 e. The fourth-order valence-corrected chi connectivity index (χ4v) is 4.65. The van der Waals surface area contributed by atoms with Gasteiger partial charge in [-0.15, -0.1) is 0 Å². The van der Waals surface area contributed by atoms with Crippen molar-refractivity contribution in [2.24, 2.45) is 11.8 Å². The number of anilines is 1. The summed E-state index contributed by atoms with van der Waals surface area (Å²) in [5.74, 6) is 2.48. The number of piperazine rings is 1. The smallest absolute Gasteiger partial charge is 0.236 e. The lowest BCUT2D eigenvalue weighted by Gasteiger charge is -2.38. The molecule has 0 bridgehead atoms. The van der Waals surface area contributed by atoms with Gasteiger partial charge in [-0.2, -0.15) is 0 Å². The summed E-state index contributed by atoms with van der Waals surface area (Å²) in [5.41, 5.74) is 2.85. The molecule has 2 saturated heterocycles. The van der Waals surface area contributed by atoms with Crippen molar-refractivity contribution < 1.29 is 4.79 Å². The maximum absolute atomic E-state index is 12.8. The van der Waals surface area contributed by atoms with E-state index >= 15 is 0 Å². The predicted octanol–water partition coefficient (Wildman–Crippen LogP) is 2.56. The lowest BCUT2D eigenvalue weighted by atomic mass is 9.92. The van der Waals surface area contributed by atoms with Gasteiger partial charge in [0.15, 0.2) is 5.82 Å². The van der Waals surface area contributed by atoms with Gasteiger partial charge in [0, 0.05) is 39.3 Å². The average Bonchev–Trinajstić information content (AvgIpc) is 2.67. The minimum Gasteiger partial charge on any atom is -0.353 e. The zero-order valence-corrected chi connectivity index (χ0v) is 17.3. The number of carbonyl (C=O) groups is 1. The van der Waals surface area contributed by atoms with E-state index in [2.05, 4.69) is 28.5 Å². The molecule has 6 nitrogen and oxygen atoms in total. The lowest BCUT2D eigenvalue weighted by Crippen LogP contribution is -2.52. The summed E-state index contributed by atoms with van der Waals surface area (Å²) in [4.78, 5) is 29.0. The standard InChI is InChI=1S/C22H31N5O/c1-16-12-17(2)14-27(13-16)21(28)15-25-8-10-26(11-9-25)22-18(3)23-19-6-4-5-7-20(19)24-22/h4-7,16-17H,8-15H2,1-3H3/t16-,17+. The van der Waals surface area contributed by atoms with E-state index in [0.29, 0.717) is 18.4 Å². The Balaban J connectivity index is 1.36. The molecule has 2 fully saturated rings. The van der Waals surface area contributed by atoms with Crippen LogP contribution in [0.25, 0.3) is 11.0 Å². The van der Waals surface area contributed by atoms with Gasteiger partial charge in [0.05, 0.1) is 23.3 Å². The second-order valence-electron chi connectivity index (χ2n) is 8.63. The number of fused-ring (bicyclic) bond motifs is 1. The van der Waals surface area contributed by atoms with Crippen molar-refractivity contribution in [3.05, 3.63) is 30.0 Å². The molecule has 2 aliphatic rings. The SMILES string of the molecule is Cc1nc2ccccc2nc1N1CCN(CC(=O)N2C[C@H](C)C[C@H](C)C2)CC1. The quantitative estimate of drug-likeness (QED) is 0.818. The Morgan fingerprint density at radius 2 is 1.61 bits per heavy atom. The molecule has 6 heteroatoms. The van der Waals surface area contributed by atoms with Gasteiger partial charge in [-0.05, 0) is 37.3 Å². The molecular formula is C22H31N5O. The molecular weight excluding hydrogens is 350 g/mol. The first-order valence-corrected chi connectivity index (χ1v) is 10.5. The molecule has 150 valence electrons. The Bertz CT molecular complexity index is 836. The summed E-state index contributed by atoms with van der Waals surface area (Å²) in [6.45, 7) is 12.4. The normalized spacial score (nSPS) is 24.0. The highest BCUT2D eigenvalue weighted by atomic mass is 16.2. The summed E-state index contributed by atoms with van der Waals surface area (Å²) < 4.78 is 0. The maximum atomic E-state index is 12.8. The van der Waals surface area contributed by atoms with E-state index in [0.717, 1.165) is 61.8 Å². The van der Waals surface area contributed by atoms with E-state index in [1.165, 1.54) is 6.42 Å². The Morgan fingerprint density at radius 1 is 1.00 bits per heavy atom. The number of rotatable bonds is 3. The van der Waals surface area contributed by atoms with Gasteiger partial charge in [-0.3, -0.25) is 9.69 Å². The fourth-order valence-electron chi connectivity index (χ4n) is 4.65. The third kappa shape index (κ3) is 4.12. The van der Waals surface area contributed by atoms with Crippen LogP contribution in [0.5, 0.6) is 0 Å². The first-order chi connectivity index (χ1) is 13.5. The van der Waals surface area contributed by atoms with Gasteiger partial charge >= 0.3 is 0 Å². The molecule has 4 rings (SSSR count). The minimum absolute atomic E-state index is 0.286. The number of para-hydroxylation sites is 2. The molecule has 2 atom stereocenters.